The lowest BCUT2D eigenvalue weighted by molar-refractivity contribution is 0.360. The van der Waals surface area contributed by atoms with Gasteiger partial charge in [0.1, 0.15) is 0 Å². The highest BCUT2D eigenvalue weighted by Gasteiger charge is 2.20. The van der Waals surface area contributed by atoms with Gasteiger partial charge in [0.05, 0.1) is 0 Å². The van der Waals surface area contributed by atoms with Crippen molar-refractivity contribution in [1.29, 1.82) is 0 Å². The molecule has 0 saturated heterocycles. The molecular formula is C12H20N4O2. The Hall–Kier alpha value is -1.59. The number of rotatable bonds is 2. The first kappa shape index (κ1) is 12.9. The summed E-state index contributed by atoms with van der Waals surface area (Å²) >= 11 is 0. The van der Waals surface area contributed by atoms with E-state index in [0.717, 1.165) is 23.3 Å². The highest BCUT2D eigenvalue weighted by molar-refractivity contribution is 5.31. The van der Waals surface area contributed by atoms with Crippen LogP contribution >= 0.6 is 0 Å². The van der Waals surface area contributed by atoms with Crippen molar-refractivity contribution in [2.75, 3.05) is 5.32 Å². The number of nitrogens with zero attached hydrogens (tertiary/aromatic N) is 3. The van der Waals surface area contributed by atoms with Crippen molar-refractivity contribution >= 4 is 5.82 Å². The number of nitrogens with one attached hydrogen (secondary N) is 1. The maximum absolute atomic E-state index is 11.9. The van der Waals surface area contributed by atoms with E-state index >= 15 is 0 Å². The molecule has 1 aromatic rings. The van der Waals surface area contributed by atoms with Crippen LogP contribution in [0, 0.1) is 5.92 Å². The van der Waals surface area contributed by atoms with Crippen molar-refractivity contribution in [2.45, 2.75) is 38.6 Å². The van der Waals surface area contributed by atoms with E-state index in [-0.39, 0.29) is 11.4 Å². The number of aromatic nitrogens is 3. The van der Waals surface area contributed by atoms with Crippen molar-refractivity contribution in [3.05, 3.63) is 20.8 Å². The summed E-state index contributed by atoms with van der Waals surface area (Å²) in [7, 11) is 3.02. The average Bonchev–Trinajstić information content (AvgIpc) is 2.36. The molecule has 1 N–H and O–H groups in total. The molecule has 18 heavy (non-hydrogen) atoms. The van der Waals surface area contributed by atoms with Gasteiger partial charge in [0.15, 0.2) is 0 Å². The fourth-order valence-electron chi connectivity index (χ4n) is 2.39. The van der Waals surface area contributed by atoms with Crippen LogP contribution in [0.5, 0.6) is 0 Å². The zero-order chi connectivity index (χ0) is 13.3. The van der Waals surface area contributed by atoms with Gasteiger partial charge in [0, 0.05) is 20.1 Å². The topological polar surface area (TPSA) is 68.9 Å². The first-order chi connectivity index (χ1) is 8.49. The Balaban J connectivity index is 2.20. The average molecular weight is 252 g/mol. The van der Waals surface area contributed by atoms with E-state index in [1.54, 1.807) is 7.05 Å². The highest BCUT2D eigenvalue weighted by Crippen LogP contribution is 2.24. The van der Waals surface area contributed by atoms with Crippen LogP contribution in [0.25, 0.3) is 0 Å². The third-order valence-corrected chi connectivity index (χ3v) is 3.68. The zero-order valence-electron chi connectivity index (χ0n) is 11.1. The molecule has 0 bridgehead atoms. The molecule has 1 aromatic heterocycles. The Bertz CT molecular complexity index is 538. The van der Waals surface area contributed by atoms with Crippen LogP contribution in [0.3, 0.4) is 0 Å². The van der Waals surface area contributed by atoms with E-state index in [1.165, 1.54) is 24.6 Å². The van der Waals surface area contributed by atoms with Crippen molar-refractivity contribution in [3.8, 4) is 0 Å². The van der Waals surface area contributed by atoms with Crippen LogP contribution in [-0.2, 0) is 14.1 Å². The molecule has 0 spiro atoms. The molecule has 1 saturated carbocycles. The van der Waals surface area contributed by atoms with Crippen molar-refractivity contribution in [3.63, 3.8) is 0 Å². The largest absolute Gasteiger partial charge is 0.361 e. The maximum Gasteiger partial charge on any atom is 0.346 e. The van der Waals surface area contributed by atoms with Gasteiger partial charge in [-0.3, -0.25) is 9.36 Å². The van der Waals surface area contributed by atoms with E-state index < -0.39 is 5.69 Å². The van der Waals surface area contributed by atoms with Crippen molar-refractivity contribution in [1.82, 2.24) is 14.3 Å². The zero-order valence-corrected chi connectivity index (χ0v) is 11.1. The minimum atomic E-state index is -0.400. The summed E-state index contributed by atoms with van der Waals surface area (Å²) in [5.74, 6) is 1.04. The second kappa shape index (κ2) is 4.96. The Labute approximate surface area is 106 Å². The van der Waals surface area contributed by atoms with Gasteiger partial charge < -0.3 is 5.32 Å². The molecule has 1 aliphatic rings. The van der Waals surface area contributed by atoms with E-state index in [0.29, 0.717) is 6.04 Å². The van der Waals surface area contributed by atoms with E-state index in [2.05, 4.69) is 17.3 Å². The third-order valence-electron chi connectivity index (χ3n) is 3.68. The number of hydrogen-bond donors (Lipinski definition) is 1. The Kier molecular flexibility index (Phi) is 3.54. The number of hydrogen-bond acceptors (Lipinski definition) is 4. The minimum Gasteiger partial charge on any atom is -0.361 e. The summed E-state index contributed by atoms with van der Waals surface area (Å²) in [6.45, 7) is 2.25. The van der Waals surface area contributed by atoms with Gasteiger partial charge in [-0.1, -0.05) is 6.92 Å². The van der Waals surface area contributed by atoms with Crippen LogP contribution in [0.2, 0.25) is 0 Å². The molecule has 1 aliphatic carbocycles. The van der Waals surface area contributed by atoms with Crippen molar-refractivity contribution in [2.24, 2.45) is 20.0 Å². The Morgan fingerprint density at radius 1 is 1.17 bits per heavy atom. The standard InChI is InChI=1S/C12H20N4O2/c1-8-4-6-9(7-5-8)13-10-11(17)15(2)12(18)16(3)14-10/h8-9H,4-7H2,1-3H3,(H,13,14). The molecule has 1 heterocycles. The fraction of sp³-hybridized carbons (Fsp3) is 0.750. The molecule has 0 amide bonds. The molecule has 0 radical (unpaired) electrons. The first-order valence-corrected chi connectivity index (χ1v) is 6.40. The van der Waals surface area contributed by atoms with Crippen LogP contribution in [-0.4, -0.2) is 20.4 Å². The molecule has 0 aromatic carbocycles. The predicted molar refractivity (Wildman–Crippen MR) is 69.8 cm³/mol. The molecule has 0 atom stereocenters. The van der Waals surface area contributed by atoms with Crippen LogP contribution in [0.15, 0.2) is 9.59 Å². The minimum absolute atomic E-state index is 0.277. The lowest BCUT2D eigenvalue weighted by atomic mass is 9.87. The quantitative estimate of drug-likeness (QED) is 0.830. The predicted octanol–water partition coefficient (Wildman–Crippen LogP) is 0.470. The highest BCUT2D eigenvalue weighted by atomic mass is 16.2. The lowest BCUT2D eigenvalue weighted by Crippen LogP contribution is -2.41. The van der Waals surface area contributed by atoms with Gasteiger partial charge in [0.25, 0.3) is 5.56 Å². The summed E-state index contributed by atoms with van der Waals surface area (Å²) in [4.78, 5) is 23.4. The van der Waals surface area contributed by atoms with Crippen LogP contribution in [0.1, 0.15) is 32.6 Å². The SMILES string of the molecule is CC1CCC(Nc2nn(C)c(=O)n(C)c2=O)CC1. The van der Waals surface area contributed by atoms with Gasteiger partial charge in [-0.25, -0.2) is 9.48 Å². The summed E-state index contributed by atoms with van der Waals surface area (Å²) in [6.07, 6.45) is 4.44. The molecule has 6 nitrogen and oxygen atoms in total. The van der Waals surface area contributed by atoms with Gasteiger partial charge >= 0.3 is 5.69 Å². The molecule has 0 unspecified atom stereocenters. The van der Waals surface area contributed by atoms with Gasteiger partial charge in [-0.05, 0) is 31.6 Å². The van der Waals surface area contributed by atoms with Gasteiger partial charge in [-0.15, -0.1) is 5.10 Å². The molecule has 2 rings (SSSR count). The normalized spacial score (nSPS) is 23.9. The van der Waals surface area contributed by atoms with E-state index in [4.69, 9.17) is 0 Å². The first-order valence-electron chi connectivity index (χ1n) is 6.40. The second-order valence-corrected chi connectivity index (χ2v) is 5.22. The van der Waals surface area contributed by atoms with E-state index in [1.807, 2.05) is 0 Å². The van der Waals surface area contributed by atoms with Gasteiger partial charge in [0.2, 0.25) is 5.82 Å². The summed E-state index contributed by atoms with van der Waals surface area (Å²) in [5.41, 5.74) is -0.750. The second-order valence-electron chi connectivity index (χ2n) is 5.22. The molecular weight excluding hydrogens is 232 g/mol. The van der Waals surface area contributed by atoms with Crippen LogP contribution < -0.4 is 16.6 Å². The fourth-order valence-corrected chi connectivity index (χ4v) is 2.39. The molecule has 100 valence electrons. The smallest absolute Gasteiger partial charge is 0.346 e. The summed E-state index contributed by atoms with van der Waals surface area (Å²) in [6, 6.07) is 0.291. The molecule has 6 heteroatoms. The number of anilines is 1. The monoisotopic (exact) mass is 252 g/mol. The third kappa shape index (κ3) is 2.47. The van der Waals surface area contributed by atoms with E-state index in [9.17, 15) is 9.59 Å². The van der Waals surface area contributed by atoms with Gasteiger partial charge in [-0.2, -0.15) is 0 Å². The molecule has 0 aliphatic heterocycles. The Morgan fingerprint density at radius 2 is 1.78 bits per heavy atom. The molecule has 1 fully saturated rings. The number of aryl methyl sites for hydroxylation is 1. The van der Waals surface area contributed by atoms with Crippen molar-refractivity contribution < 1.29 is 0 Å². The van der Waals surface area contributed by atoms with Crippen LogP contribution in [0.4, 0.5) is 5.82 Å². The summed E-state index contributed by atoms with van der Waals surface area (Å²) in [5, 5.41) is 7.18. The Morgan fingerprint density at radius 3 is 2.39 bits per heavy atom. The maximum atomic E-state index is 11.9. The summed E-state index contributed by atoms with van der Waals surface area (Å²) < 4.78 is 2.27. The lowest BCUT2D eigenvalue weighted by Gasteiger charge is -2.27.